The molecule has 0 amide bonds. The summed E-state index contributed by atoms with van der Waals surface area (Å²) in [6.07, 6.45) is 2.22. The molecule has 3 unspecified atom stereocenters. The van der Waals surface area contributed by atoms with Gasteiger partial charge in [0.1, 0.15) is 0 Å². The lowest BCUT2D eigenvalue weighted by atomic mass is 9.96. The fourth-order valence-electron chi connectivity index (χ4n) is 2.11. The Morgan fingerprint density at radius 2 is 1.94 bits per heavy atom. The summed E-state index contributed by atoms with van der Waals surface area (Å²) >= 11 is 0. The first-order valence-electron chi connectivity index (χ1n) is 6.27. The molecule has 0 heterocycles. The molecule has 1 aromatic rings. The normalized spacial score (nSPS) is 25.2. The summed E-state index contributed by atoms with van der Waals surface area (Å²) in [5.41, 5.74) is 2.23. The van der Waals surface area contributed by atoms with E-state index in [2.05, 4.69) is 32.9 Å². The number of carbonyl (C=O) groups excluding carboxylic acids is 1. The minimum absolute atomic E-state index is 0.300. The molecule has 1 nitrogen and oxygen atoms in total. The number of carbonyl (C=O) groups is 1. The molecule has 1 heteroatoms. The largest absolute Gasteiger partial charge is 0.294 e. The summed E-state index contributed by atoms with van der Waals surface area (Å²) in [4.78, 5) is 12.0. The van der Waals surface area contributed by atoms with Crippen LogP contribution >= 0.6 is 0 Å². The molecule has 2 rings (SSSR count). The maximum Gasteiger partial charge on any atom is 0.166 e. The third-order valence-electron chi connectivity index (χ3n) is 3.82. The van der Waals surface area contributed by atoms with Gasteiger partial charge in [-0.05, 0) is 30.2 Å². The van der Waals surface area contributed by atoms with Gasteiger partial charge in [0.25, 0.3) is 0 Å². The van der Waals surface area contributed by atoms with Crippen LogP contribution in [0.25, 0.3) is 0 Å². The summed E-state index contributed by atoms with van der Waals surface area (Å²) in [5.74, 6) is 1.82. The van der Waals surface area contributed by atoms with Gasteiger partial charge in [0.15, 0.2) is 5.78 Å². The quantitative estimate of drug-likeness (QED) is 0.694. The number of hydrogen-bond donors (Lipinski definition) is 0. The number of hydrogen-bond acceptors (Lipinski definition) is 1. The van der Waals surface area contributed by atoms with Crippen molar-refractivity contribution in [3.05, 3.63) is 35.4 Å². The highest BCUT2D eigenvalue weighted by molar-refractivity contribution is 5.99. The lowest BCUT2D eigenvalue weighted by Crippen LogP contribution is -2.03. The third-order valence-corrected chi connectivity index (χ3v) is 3.82. The maximum atomic E-state index is 12.0. The van der Waals surface area contributed by atoms with Gasteiger partial charge < -0.3 is 0 Å². The van der Waals surface area contributed by atoms with E-state index in [1.807, 2.05) is 12.1 Å². The van der Waals surface area contributed by atoms with Crippen LogP contribution in [0.15, 0.2) is 24.3 Å². The van der Waals surface area contributed by atoms with Crippen LogP contribution < -0.4 is 0 Å². The molecular formula is C15H20O. The van der Waals surface area contributed by atoms with Gasteiger partial charge in [0, 0.05) is 11.5 Å². The second-order valence-electron chi connectivity index (χ2n) is 5.12. The van der Waals surface area contributed by atoms with E-state index in [4.69, 9.17) is 0 Å². The molecule has 0 radical (unpaired) electrons. The topological polar surface area (TPSA) is 17.1 Å². The summed E-state index contributed by atoms with van der Waals surface area (Å²) in [6, 6.07) is 8.20. The molecule has 1 aromatic carbocycles. The first kappa shape index (κ1) is 11.4. The van der Waals surface area contributed by atoms with Crippen molar-refractivity contribution in [1.29, 1.82) is 0 Å². The fraction of sp³-hybridized carbons (Fsp3) is 0.533. The van der Waals surface area contributed by atoms with Crippen molar-refractivity contribution in [2.24, 2.45) is 11.8 Å². The second kappa shape index (κ2) is 4.40. The standard InChI is InChI=1S/C15H20O/c1-4-10(2)12-5-7-13(8-6-12)15(16)14-9-11(14)3/h5-8,10-11,14H,4,9H2,1-3H3. The zero-order chi connectivity index (χ0) is 11.7. The lowest BCUT2D eigenvalue weighted by molar-refractivity contribution is 0.0962. The van der Waals surface area contributed by atoms with Crippen molar-refractivity contribution in [3.63, 3.8) is 0 Å². The molecule has 3 atom stereocenters. The molecule has 0 aliphatic heterocycles. The van der Waals surface area contributed by atoms with E-state index in [0.29, 0.717) is 23.5 Å². The SMILES string of the molecule is CCC(C)c1ccc(C(=O)C2CC2C)cc1. The molecule has 1 aliphatic rings. The van der Waals surface area contributed by atoms with Crippen LogP contribution in [0.1, 0.15) is 55.5 Å². The van der Waals surface area contributed by atoms with Crippen LogP contribution in [0.2, 0.25) is 0 Å². The smallest absolute Gasteiger partial charge is 0.166 e. The van der Waals surface area contributed by atoms with Gasteiger partial charge in [-0.3, -0.25) is 4.79 Å². The first-order chi connectivity index (χ1) is 7.63. The molecule has 1 aliphatic carbocycles. The summed E-state index contributed by atoms with van der Waals surface area (Å²) in [7, 11) is 0. The van der Waals surface area contributed by atoms with Gasteiger partial charge in [-0.1, -0.05) is 45.0 Å². The molecule has 1 fully saturated rings. The molecule has 0 spiro atoms. The summed E-state index contributed by atoms with van der Waals surface area (Å²) in [6.45, 7) is 6.56. The Balaban J connectivity index is 2.10. The Morgan fingerprint density at radius 3 is 2.38 bits per heavy atom. The van der Waals surface area contributed by atoms with Gasteiger partial charge >= 0.3 is 0 Å². The predicted octanol–water partition coefficient (Wildman–Crippen LogP) is 4.04. The predicted molar refractivity (Wildman–Crippen MR) is 66.7 cm³/mol. The molecule has 1 saturated carbocycles. The lowest BCUT2D eigenvalue weighted by Gasteiger charge is -2.09. The van der Waals surface area contributed by atoms with Crippen LogP contribution in [0.5, 0.6) is 0 Å². The maximum absolute atomic E-state index is 12.0. The first-order valence-corrected chi connectivity index (χ1v) is 6.27. The van der Waals surface area contributed by atoms with E-state index in [9.17, 15) is 4.79 Å². The molecule has 16 heavy (non-hydrogen) atoms. The Morgan fingerprint density at radius 1 is 1.38 bits per heavy atom. The Hall–Kier alpha value is -1.11. The van der Waals surface area contributed by atoms with Crippen molar-refractivity contribution >= 4 is 5.78 Å². The summed E-state index contributed by atoms with van der Waals surface area (Å²) < 4.78 is 0. The van der Waals surface area contributed by atoms with E-state index in [0.717, 1.165) is 18.4 Å². The van der Waals surface area contributed by atoms with Crippen LogP contribution in [0.4, 0.5) is 0 Å². The minimum atomic E-state index is 0.300. The van der Waals surface area contributed by atoms with Crippen molar-refractivity contribution in [2.75, 3.05) is 0 Å². The van der Waals surface area contributed by atoms with E-state index >= 15 is 0 Å². The molecule has 86 valence electrons. The number of Topliss-reactive ketones (excluding diaryl/α,β-unsaturated/α-hetero) is 1. The van der Waals surface area contributed by atoms with Gasteiger partial charge in [-0.2, -0.15) is 0 Å². The number of benzene rings is 1. The van der Waals surface area contributed by atoms with Gasteiger partial charge in [0.2, 0.25) is 0 Å². The van der Waals surface area contributed by atoms with Crippen LogP contribution in [0.3, 0.4) is 0 Å². The van der Waals surface area contributed by atoms with Gasteiger partial charge in [0.05, 0.1) is 0 Å². The van der Waals surface area contributed by atoms with E-state index in [-0.39, 0.29) is 0 Å². The summed E-state index contributed by atoms with van der Waals surface area (Å²) in [5, 5.41) is 0. The van der Waals surface area contributed by atoms with E-state index < -0.39 is 0 Å². The van der Waals surface area contributed by atoms with Crippen molar-refractivity contribution in [2.45, 2.75) is 39.5 Å². The Labute approximate surface area is 97.9 Å². The van der Waals surface area contributed by atoms with E-state index in [1.54, 1.807) is 0 Å². The minimum Gasteiger partial charge on any atom is -0.294 e. The number of rotatable bonds is 4. The third kappa shape index (κ3) is 2.18. The number of ketones is 1. The Kier molecular flexibility index (Phi) is 3.13. The fourth-order valence-corrected chi connectivity index (χ4v) is 2.11. The van der Waals surface area contributed by atoms with Crippen LogP contribution in [-0.4, -0.2) is 5.78 Å². The van der Waals surface area contributed by atoms with Crippen LogP contribution in [0, 0.1) is 11.8 Å². The Bertz CT molecular complexity index is 377. The highest BCUT2D eigenvalue weighted by Crippen LogP contribution is 2.40. The monoisotopic (exact) mass is 216 g/mol. The van der Waals surface area contributed by atoms with Crippen molar-refractivity contribution in [1.82, 2.24) is 0 Å². The molecular weight excluding hydrogens is 196 g/mol. The zero-order valence-electron chi connectivity index (χ0n) is 10.4. The van der Waals surface area contributed by atoms with E-state index in [1.165, 1.54) is 5.56 Å². The zero-order valence-corrected chi connectivity index (χ0v) is 10.4. The molecule has 0 N–H and O–H groups in total. The van der Waals surface area contributed by atoms with Gasteiger partial charge in [-0.15, -0.1) is 0 Å². The van der Waals surface area contributed by atoms with Crippen molar-refractivity contribution < 1.29 is 4.79 Å². The highest BCUT2D eigenvalue weighted by Gasteiger charge is 2.39. The average Bonchev–Trinajstić information content (AvgIpc) is 3.04. The average molecular weight is 216 g/mol. The molecule has 0 saturated heterocycles. The molecule has 0 bridgehead atoms. The highest BCUT2D eigenvalue weighted by atomic mass is 16.1. The second-order valence-corrected chi connectivity index (χ2v) is 5.12. The van der Waals surface area contributed by atoms with Crippen LogP contribution in [-0.2, 0) is 0 Å². The van der Waals surface area contributed by atoms with Gasteiger partial charge in [-0.25, -0.2) is 0 Å². The van der Waals surface area contributed by atoms with Crippen molar-refractivity contribution in [3.8, 4) is 0 Å². The molecule has 0 aromatic heterocycles.